The lowest BCUT2D eigenvalue weighted by atomic mass is 10.0. The first-order valence-electron chi connectivity index (χ1n) is 10.8. The Morgan fingerprint density at radius 1 is 1.16 bits per heavy atom. The van der Waals surface area contributed by atoms with Crippen LogP contribution < -0.4 is 14.8 Å². The van der Waals surface area contributed by atoms with Crippen LogP contribution in [0.15, 0.2) is 18.2 Å². The third-order valence-corrected chi connectivity index (χ3v) is 6.40. The normalized spacial score (nSPS) is 16.6. The Morgan fingerprint density at radius 2 is 1.87 bits per heavy atom. The average Bonchev–Trinajstić information content (AvgIpc) is 3.40. The Balaban J connectivity index is 1.48. The van der Waals surface area contributed by atoms with E-state index in [1.54, 1.807) is 18.2 Å². The van der Waals surface area contributed by atoms with E-state index in [9.17, 15) is 9.59 Å². The number of hydrogen-bond acceptors (Lipinski definition) is 6. The molecule has 166 valence electrons. The maximum Gasteiger partial charge on any atom is 0.257 e. The number of thiazole rings is 1. The van der Waals surface area contributed by atoms with Gasteiger partial charge in [-0.3, -0.25) is 14.9 Å². The topological polar surface area (TPSA) is 80.8 Å². The Labute approximate surface area is 186 Å². The Hall–Kier alpha value is -2.61. The maximum absolute atomic E-state index is 13.3. The monoisotopic (exact) mass is 443 g/mol. The fourth-order valence-corrected chi connectivity index (χ4v) is 5.12. The summed E-state index contributed by atoms with van der Waals surface area (Å²) in [6.07, 6.45) is 1.61. The number of aryl methyl sites for hydroxylation is 1. The number of ether oxygens (including phenoxy) is 2. The highest BCUT2D eigenvalue weighted by atomic mass is 32.1. The second-order valence-electron chi connectivity index (χ2n) is 8.97. The van der Waals surface area contributed by atoms with E-state index in [0.29, 0.717) is 34.0 Å². The van der Waals surface area contributed by atoms with E-state index < -0.39 is 0 Å². The van der Waals surface area contributed by atoms with Gasteiger partial charge in [-0.25, -0.2) is 4.98 Å². The molecule has 0 fully saturated rings. The highest BCUT2D eigenvalue weighted by Gasteiger charge is 2.35. The van der Waals surface area contributed by atoms with Crippen LogP contribution in [0, 0.1) is 11.8 Å². The molecule has 0 radical (unpaired) electrons. The lowest BCUT2D eigenvalue weighted by Gasteiger charge is -2.28. The molecule has 2 aromatic rings. The van der Waals surface area contributed by atoms with E-state index in [2.05, 4.69) is 38.0 Å². The third kappa shape index (κ3) is 4.69. The number of aromatic nitrogens is 1. The van der Waals surface area contributed by atoms with Gasteiger partial charge in [-0.1, -0.05) is 27.7 Å². The largest absolute Gasteiger partial charge is 0.454 e. The minimum absolute atomic E-state index is 0.153. The third-order valence-electron chi connectivity index (χ3n) is 5.35. The first-order valence-corrected chi connectivity index (χ1v) is 11.6. The summed E-state index contributed by atoms with van der Waals surface area (Å²) in [6.45, 7) is 10.2. The lowest BCUT2D eigenvalue weighted by Crippen LogP contribution is -2.39. The second kappa shape index (κ2) is 8.86. The molecule has 2 heterocycles. The van der Waals surface area contributed by atoms with Gasteiger partial charge in [-0.05, 0) is 42.9 Å². The van der Waals surface area contributed by atoms with Gasteiger partial charge >= 0.3 is 0 Å². The van der Waals surface area contributed by atoms with Gasteiger partial charge in [0, 0.05) is 23.5 Å². The van der Waals surface area contributed by atoms with Gasteiger partial charge in [0.2, 0.25) is 12.7 Å². The van der Waals surface area contributed by atoms with E-state index in [0.717, 1.165) is 36.5 Å². The standard InChI is InChI=1S/C23H29N3O4S/c1-13(2)10-26(11-14(3)4)22(28)16-6-8-19-20(16)24-23(31-19)25-21(27)15-5-7-17-18(9-15)30-12-29-17/h5,7,9,13-14,16H,6,8,10-12H2,1-4H3,(H,24,25,27). The van der Waals surface area contributed by atoms with Crippen molar-refractivity contribution >= 4 is 28.3 Å². The summed E-state index contributed by atoms with van der Waals surface area (Å²) in [7, 11) is 0. The molecule has 2 amide bonds. The molecule has 1 aliphatic carbocycles. The molecule has 1 aliphatic heterocycles. The van der Waals surface area contributed by atoms with Gasteiger partial charge < -0.3 is 14.4 Å². The van der Waals surface area contributed by atoms with Gasteiger partial charge in [0.1, 0.15) is 0 Å². The van der Waals surface area contributed by atoms with Gasteiger partial charge in [0.25, 0.3) is 5.91 Å². The summed E-state index contributed by atoms with van der Waals surface area (Å²) in [5, 5.41) is 3.41. The van der Waals surface area contributed by atoms with Crippen LogP contribution in [0.25, 0.3) is 0 Å². The summed E-state index contributed by atoms with van der Waals surface area (Å²) in [5.41, 5.74) is 1.31. The minimum atomic E-state index is -0.255. The van der Waals surface area contributed by atoms with Crippen LogP contribution >= 0.6 is 11.3 Å². The molecule has 0 saturated carbocycles. The smallest absolute Gasteiger partial charge is 0.257 e. The predicted octanol–water partition coefficient (Wildman–Crippen LogP) is 4.29. The Bertz CT molecular complexity index is 975. The van der Waals surface area contributed by atoms with Crippen molar-refractivity contribution in [2.75, 3.05) is 25.2 Å². The van der Waals surface area contributed by atoms with Crippen LogP contribution in [0.2, 0.25) is 0 Å². The van der Waals surface area contributed by atoms with Gasteiger partial charge in [0.15, 0.2) is 16.6 Å². The molecule has 1 atom stereocenters. The average molecular weight is 444 g/mol. The van der Waals surface area contributed by atoms with Crippen LogP contribution in [-0.2, 0) is 11.2 Å². The number of carbonyl (C=O) groups excluding carboxylic acids is 2. The van der Waals surface area contributed by atoms with Gasteiger partial charge in [-0.2, -0.15) is 0 Å². The highest BCUT2D eigenvalue weighted by Crippen LogP contribution is 2.40. The van der Waals surface area contributed by atoms with Crippen LogP contribution in [0.3, 0.4) is 0 Å². The van der Waals surface area contributed by atoms with Crippen molar-refractivity contribution in [3.63, 3.8) is 0 Å². The van der Waals surface area contributed by atoms with Crippen molar-refractivity contribution in [3.8, 4) is 11.5 Å². The summed E-state index contributed by atoms with van der Waals surface area (Å²) >= 11 is 1.46. The number of anilines is 1. The van der Waals surface area contributed by atoms with E-state index in [1.165, 1.54) is 11.3 Å². The Kier molecular flexibility index (Phi) is 6.18. The Morgan fingerprint density at radius 3 is 2.58 bits per heavy atom. The number of fused-ring (bicyclic) bond motifs is 2. The molecule has 7 nitrogen and oxygen atoms in total. The van der Waals surface area contributed by atoms with Gasteiger partial charge in [0.05, 0.1) is 11.6 Å². The summed E-state index contributed by atoms with van der Waals surface area (Å²) in [4.78, 5) is 33.7. The molecule has 2 aliphatic rings. The highest BCUT2D eigenvalue weighted by molar-refractivity contribution is 7.16. The summed E-state index contributed by atoms with van der Waals surface area (Å²) < 4.78 is 10.6. The molecule has 31 heavy (non-hydrogen) atoms. The van der Waals surface area contributed by atoms with Crippen LogP contribution in [0.1, 0.15) is 61.0 Å². The lowest BCUT2D eigenvalue weighted by molar-refractivity contribution is -0.134. The zero-order valence-corrected chi connectivity index (χ0v) is 19.3. The fraction of sp³-hybridized carbons (Fsp3) is 0.522. The van der Waals surface area contributed by atoms with Crippen molar-refractivity contribution in [3.05, 3.63) is 34.3 Å². The fourth-order valence-electron chi connectivity index (χ4n) is 4.08. The van der Waals surface area contributed by atoms with Crippen molar-refractivity contribution in [1.82, 2.24) is 9.88 Å². The summed E-state index contributed by atoms with van der Waals surface area (Å²) in [5.74, 6) is 1.70. The molecule has 8 heteroatoms. The number of nitrogens with zero attached hydrogens (tertiary/aromatic N) is 2. The predicted molar refractivity (Wildman–Crippen MR) is 120 cm³/mol. The van der Waals surface area contributed by atoms with Crippen molar-refractivity contribution in [2.45, 2.75) is 46.5 Å². The van der Waals surface area contributed by atoms with Crippen LogP contribution in [0.4, 0.5) is 5.13 Å². The van der Waals surface area contributed by atoms with E-state index >= 15 is 0 Å². The first-order chi connectivity index (χ1) is 14.8. The number of nitrogens with one attached hydrogen (secondary N) is 1. The molecule has 0 spiro atoms. The van der Waals surface area contributed by atoms with Crippen LogP contribution in [-0.4, -0.2) is 41.6 Å². The zero-order valence-electron chi connectivity index (χ0n) is 18.4. The van der Waals surface area contributed by atoms with E-state index in [1.807, 2.05) is 4.90 Å². The number of hydrogen-bond donors (Lipinski definition) is 1. The zero-order chi connectivity index (χ0) is 22.1. The molecule has 1 aromatic carbocycles. The number of amides is 2. The molecule has 0 saturated heterocycles. The SMILES string of the molecule is CC(C)CN(CC(C)C)C(=O)C1CCc2sc(NC(=O)c3ccc4c(c3)OCO4)nc21. The van der Waals surface area contributed by atoms with Crippen molar-refractivity contribution in [2.24, 2.45) is 11.8 Å². The molecule has 0 bridgehead atoms. The number of benzene rings is 1. The molecule has 1 unspecified atom stereocenters. The molecular weight excluding hydrogens is 414 g/mol. The second-order valence-corrected chi connectivity index (χ2v) is 10.1. The van der Waals surface area contributed by atoms with E-state index in [4.69, 9.17) is 9.47 Å². The quantitative estimate of drug-likeness (QED) is 0.690. The van der Waals surface area contributed by atoms with Gasteiger partial charge in [-0.15, -0.1) is 11.3 Å². The summed E-state index contributed by atoms with van der Waals surface area (Å²) in [6, 6.07) is 5.10. The molecule has 1 N–H and O–H groups in total. The van der Waals surface area contributed by atoms with Crippen molar-refractivity contribution in [1.29, 1.82) is 0 Å². The number of rotatable bonds is 7. The minimum Gasteiger partial charge on any atom is -0.454 e. The first kappa shape index (κ1) is 21.6. The molecular formula is C23H29N3O4S. The van der Waals surface area contributed by atoms with Crippen LogP contribution in [0.5, 0.6) is 11.5 Å². The maximum atomic E-state index is 13.3. The van der Waals surface area contributed by atoms with E-state index in [-0.39, 0.29) is 24.5 Å². The van der Waals surface area contributed by atoms with Crippen molar-refractivity contribution < 1.29 is 19.1 Å². The molecule has 1 aromatic heterocycles. The molecule has 4 rings (SSSR count). The number of carbonyl (C=O) groups is 2.